The predicted octanol–water partition coefficient (Wildman–Crippen LogP) is 5.16. The van der Waals surface area contributed by atoms with Gasteiger partial charge in [0.25, 0.3) is 0 Å². The summed E-state index contributed by atoms with van der Waals surface area (Å²) in [7, 11) is 1.70. The first-order valence-electron chi connectivity index (χ1n) is 9.79. The standard InChI is InChI=1S/C24H18Cl2N2O3/c1-28-21-10-7-17(24(30-11-12-31-24)16-5-8-18(25)9-6-16)14-20(21)22(27-23(28)29)15-3-2-4-19(26)13-15/h2-10,13-14H,11-12H2,1H3. The first kappa shape index (κ1) is 20.2. The molecule has 0 bridgehead atoms. The molecule has 1 aliphatic heterocycles. The second-order valence-electron chi connectivity index (χ2n) is 7.36. The Hall–Kier alpha value is -2.70. The summed E-state index contributed by atoms with van der Waals surface area (Å²) in [6.45, 7) is 0.931. The molecule has 0 atom stereocenters. The van der Waals surface area contributed by atoms with Crippen LogP contribution in [-0.2, 0) is 22.3 Å². The fourth-order valence-corrected chi connectivity index (χ4v) is 4.31. The van der Waals surface area contributed by atoms with E-state index in [-0.39, 0.29) is 5.69 Å². The van der Waals surface area contributed by atoms with Gasteiger partial charge in [-0.15, -0.1) is 0 Å². The van der Waals surface area contributed by atoms with Crippen molar-refractivity contribution >= 4 is 34.1 Å². The highest BCUT2D eigenvalue weighted by Crippen LogP contribution is 2.40. The van der Waals surface area contributed by atoms with Gasteiger partial charge in [0.05, 0.1) is 24.4 Å². The lowest BCUT2D eigenvalue weighted by molar-refractivity contribution is -0.129. The van der Waals surface area contributed by atoms with Crippen molar-refractivity contribution in [3.8, 4) is 11.3 Å². The summed E-state index contributed by atoms with van der Waals surface area (Å²) in [6, 6.07) is 20.5. The van der Waals surface area contributed by atoms with E-state index in [1.165, 1.54) is 4.57 Å². The number of aromatic nitrogens is 2. The number of fused-ring (bicyclic) bond motifs is 1. The van der Waals surface area contributed by atoms with Crippen molar-refractivity contribution in [3.63, 3.8) is 0 Å². The molecule has 0 N–H and O–H groups in total. The molecular weight excluding hydrogens is 435 g/mol. The van der Waals surface area contributed by atoms with Gasteiger partial charge in [0.2, 0.25) is 5.79 Å². The van der Waals surface area contributed by atoms with Crippen molar-refractivity contribution in [1.29, 1.82) is 0 Å². The summed E-state index contributed by atoms with van der Waals surface area (Å²) in [5.74, 6) is -1.06. The van der Waals surface area contributed by atoms with E-state index in [0.717, 1.165) is 27.6 Å². The van der Waals surface area contributed by atoms with Crippen LogP contribution in [0.15, 0.2) is 71.5 Å². The number of ether oxygens (including phenoxy) is 2. The van der Waals surface area contributed by atoms with Crippen LogP contribution in [0.5, 0.6) is 0 Å². The lowest BCUT2D eigenvalue weighted by Crippen LogP contribution is -2.29. The van der Waals surface area contributed by atoms with E-state index >= 15 is 0 Å². The van der Waals surface area contributed by atoms with Crippen LogP contribution in [0.25, 0.3) is 22.2 Å². The molecule has 1 aliphatic rings. The zero-order valence-corrected chi connectivity index (χ0v) is 18.2. The van der Waals surface area contributed by atoms with Gasteiger partial charge < -0.3 is 9.47 Å². The van der Waals surface area contributed by atoms with E-state index in [4.69, 9.17) is 32.7 Å². The number of rotatable bonds is 3. The number of aryl methyl sites for hydroxylation is 1. The largest absolute Gasteiger partial charge is 0.348 e. The van der Waals surface area contributed by atoms with E-state index in [1.54, 1.807) is 19.2 Å². The normalized spacial score (nSPS) is 15.5. The fraction of sp³-hybridized carbons (Fsp3) is 0.167. The number of hydrogen-bond acceptors (Lipinski definition) is 4. The fourth-order valence-electron chi connectivity index (χ4n) is 3.99. The van der Waals surface area contributed by atoms with Crippen molar-refractivity contribution in [1.82, 2.24) is 9.55 Å². The van der Waals surface area contributed by atoms with Gasteiger partial charge in [0.15, 0.2) is 0 Å². The molecule has 31 heavy (non-hydrogen) atoms. The SMILES string of the molecule is Cn1c(=O)nc(-c2cccc(Cl)c2)c2cc(C3(c4ccc(Cl)cc4)OCCO3)ccc21. The number of halogens is 2. The van der Waals surface area contributed by atoms with Crippen molar-refractivity contribution in [2.45, 2.75) is 5.79 Å². The molecule has 1 saturated heterocycles. The number of nitrogens with zero attached hydrogens (tertiary/aromatic N) is 2. The number of hydrogen-bond donors (Lipinski definition) is 0. The van der Waals surface area contributed by atoms with Gasteiger partial charge in [-0.05, 0) is 36.4 Å². The van der Waals surface area contributed by atoms with E-state index in [2.05, 4.69) is 4.98 Å². The molecule has 0 aliphatic carbocycles. The van der Waals surface area contributed by atoms with Crippen LogP contribution in [0.2, 0.25) is 10.0 Å². The molecular formula is C24H18Cl2N2O3. The second-order valence-corrected chi connectivity index (χ2v) is 8.24. The minimum Gasteiger partial charge on any atom is -0.340 e. The summed E-state index contributed by atoms with van der Waals surface area (Å²) in [5.41, 5.74) is 3.39. The van der Waals surface area contributed by atoms with Gasteiger partial charge in [-0.1, -0.05) is 53.5 Å². The first-order valence-corrected chi connectivity index (χ1v) is 10.5. The molecule has 4 aromatic rings. The molecule has 5 nitrogen and oxygen atoms in total. The zero-order valence-electron chi connectivity index (χ0n) is 16.6. The van der Waals surface area contributed by atoms with Gasteiger partial charge >= 0.3 is 5.69 Å². The van der Waals surface area contributed by atoms with E-state index in [0.29, 0.717) is 29.0 Å². The molecule has 0 saturated carbocycles. The second kappa shape index (κ2) is 7.77. The van der Waals surface area contributed by atoms with E-state index in [1.807, 2.05) is 54.6 Å². The topological polar surface area (TPSA) is 53.4 Å². The quantitative estimate of drug-likeness (QED) is 0.430. The molecule has 1 fully saturated rings. The predicted molar refractivity (Wildman–Crippen MR) is 122 cm³/mol. The zero-order chi connectivity index (χ0) is 21.6. The van der Waals surface area contributed by atoms with Gasteiger partial charge in [-0.3, -0.25) is 4.57 Å². The molecule has 0 spiro atoms. The minimum atomic E-state index is -1.06. The Morgan fingerprint density at radius 2 is 1.61 bits per heavy atom. The molecule has 0 unspecified atom stereocenters. The Bertz CT molecular complexity index is 1340. The summed E-state index contributed by atoms with van der Waals surface area (Å²) in [6.07, 6.45) is 0. The van der Waals surface area contributed by atoms with Crippen LogP contribution in [0.1, 0.15) is 11.1 Å². The molecule has 5 rings (SSSR count). The first-order chi connectivity index (χ1) is 15.0. The van der Waals surface area contributed by atoms with Crippen LogP contribution in [0, 0.1) is 0 Å². The van der Waals surface area contributed by atoms with Gasteiger partial charge in [0.1, 0.15) is 0 Å². The van der Waals surface area contributed by atoms with Crippen LogP contribution in [0.4, 0.5) is 0 Å². The maximum atomic E-state index is 12.5. The Balaban J connectivity index is 1.77. The average molecular weight is 453 g/mol. The van der Waals surface area contributed by atoms with Crippen molar-refractivity contribution in [2.75, 3.05) is 13.2 Å². The Morgan fingerprint density at radius 1 is 0.903 bits per heavy atom. The minimum absolute atomic E-state index is 0.337. The van der Waals surface area contributed by atoms with E-state index in [9.17, 15) is 4.79 Å². The summed E-state index contributed by atoms with van der Waals surface area (Å²) in [4.78, 5) is 16.9. The van der Waals surface area contributed by atoms with Crippen LogP contribution in [0.3, 0.4) is 0 Å². The summed E-state index contributed by atoms with van der Waals surface area (Å²) >= 11 is 12.3. The van der Waals surface area contributed by atoms with Crippen molar-refractivity contribution in [2.24, 2.45) is 7.05 Å². The van der Waals surface area contributed by atoms with Gasteiger partial charge in [-0.2, -0.15) is 4.98 Å². The maximum absolute atomic E-state index is 12.5. The number of benzene rings is 3. The summed E-state index contributed by atoms with van der Waals surface area (Å²) < 4.78 is 13.8. The third kappa shape index (κ3) is 3.44. The smallest absolute Gasteiger partial charge is 0.340 e. The van der Waals surface area contributed by atoms with Gasteiger partial charge in [-0.25, -0.2) is 4.79 Å². The molecule has 3 aromatic carbocycles. The Morgan fingerprint density at radius 3 is 2.32 bits per heavy atom. The third-order valence-electron chi connectivity index (χ3n) is 5.50. The molecule has 0 radical (unpaired) electrons. The average Bonchev–Trinajstić information content (AvgIpc) is 3.27. The highest BCUT2D eigenvalue weighted by molar-refractivity contribution is 6.31. The van der Waals surface area contributed by atoms with E-state index < -0.39 is 5.79 Å². The van der Waals surface area contributed by atoms with Crippen LogP contribution >= 0.6 is 23.2 Å². The van der Waals surface area contributed by atoms with Crippen LogP contribution in [-0.4, -0.2) is 22.8 Å². The van der Waals surface area contributed by atoms with Crippen molar-refractivity contribution < 1.29 is 9.47 Å². The molecule has 7 heteroatoms. The molecule has 156 valence electrons. The summed E-state index contributed by atoms with van der Waals surface area (Å²) in [5, 5.41) is 2.01. The Labute approximate surface area is 188 Å². The van der Waals surface area contributed by atoms with Crippen molar-refractivity contribution in [3.05, 3.63) is 98.4 Å². The maximum Gasteiger partial charge on any atom is 0.348 e. The monoisotopic (exact) mass is 452 g/mol. The molecule has 2 heterocycles. The Kier molecular flexibility index (Phi) is 5.07. The lowest BCUT2D eigenvalue weighted by atomic mass is 9.94. The molecule has 1 aromatic heterocycles. The molecule has 0 amide bonds. The van der Waals surface area contributed by atoms with Gasteiger partial charge in [0, 0.05) is 39.2 Å². The highest BCUT2D eigenvalue weighted by Gasteiger charge is 2.41. The van der Waals surface area contributed by atoms with Crippen LogP contribution < -0.4 is 5.69 Å². The lowest BCUT2D eigenvalue weighted by Gasteiger charge is -2.29. The third-order valence-corrected chi connectivity index (χ3v) is 5.99. The highest BCUT2D eigenvalue weighted by atomic mass is 35.5.